The second-order valence-corrected chi connectivity index (χ2v) is 9.83. The van der Waals surface area contributed by atoms with Gasteiger partial charge in [-0.15, -0.1) is 0 Å². The summed E-state index contributed by atoms with van der Waals surface area (Å²) in [5.74, 6) is -1.15. The molecule has 0 aliphatic heterocycles. The second-order valence-electron chi connectivity index (χ2n) is 7.79. The zero-order valence-corrected chi connectivity index (χ0v) is 19.9. The number of rotatable bonds is 8. The molecule has 7 nitrogen and oxygen atoms in total. The Morgan fingerprint density at radius 3 is 2.32 bits per heavy atom. The number of halogens is 1. The number of benzene rings is 3. The molecule has 0 unspecified atom stereocenters. The molecule has 0 atom stereocenters. The van der Waals surface area contributed by atoms with Gasteiger partial charge in [0.05, 0.1) is 10.6 Å². The number of phenols is 1. The van der Waals surface area contributed by atoms with E-state index in [9.17, 15) is 22.7 Å². The standard InChI is InChI=1S/C25H26FN3O4S/c1-4-23(22-15-20(26)11-14-24(22)30)27-28-25(31)19-9-7-18(8-10-19)16-29(3)34(32,33)21-12-5-17(2)6-13-21/h5-15,30H,4,16H2,1-3H3,(H,28,31). The molecule has 0 saturated heterocycles. The summed E-state index contributed by atoms with van der Waals surface area (Å²) in [7, 11) is -2.15. The van der Waals surface area contributed by atoms with Gasteiger partial charge in [0.2, 0.25) is 10.0 Å². The molecule has 1 amide bonds. The molecule has 0 bridgehead atoms. The average molecular weight is 484 g/mol. The van der Waals surface area contributed by atoms with Crippen molar-refractivity contribution in [2.45, 2.75) is 31.7 Å². The van der Waals surface area contributed by atoms with E-state index in [0.717, 1.165) is 17.7 Å². The molecule has 3 rings (SSSR count). The number of hydrogen-bond donors (Lipinski definition) is 2. The van der Waals surface area contributed by atoms with E-state index >= 15 is 0 Å². The van der Waals surface area contributed by atoms with Crippen LogP contribution in [0.1, 0.15) is 40.4 Å². The van der Waals surface area contributed by atoms with Crippen molar-refractivity contribution in [3.63, 3.8) is 0 Å². The number of aryl methyl sites for hydroxylation is 1. The Kier molecular flexibility index (Phi) is 7.80. The number of hydrogen-bond acceptors (Lipinski definition) is 5. The third-order valence-electron chi connectivity index (χ3n) is 5.25. The highest BCUT2D eigenvalue weighted by Gasteiger charge is 2.21. The summed E-state index contributed by atoms with van der Waals surface area (Å²) >= 11 is 0. The molecule has 0 saturated carbocycles. The first kappa shape index (κ1) is 25.1. The lowest BCUT2D eigenvalue weighted by Gasteiger charge is -2.17. The van der Waals surface area contributed by atoms with Crippen LogP contribution in [-0.2, 0) is 16.6 Å². The number of nitrogens with zero attached hydrogens (tertiary/aromatic N) is 2. The van der Waals surface area contributed by atoms with Gasteiger partial charge >= 0.3 is 0 Å². The van der Waals surface area contributed by atoms with Crippen molar-refractivity contribution < 1.29 is 22.7 Å². The number of nitrogens with one attached hydrogen (secondary N) is 1. The van der Waals surface area contributed by atoms with Gasteiger partial charge in [0.25, 0.3) is 5.91 Å². The van der Waals surface area contributed by atoms with E-state index in [1.54, 1.807) is 55.5 Å². The molecule has 0 fully saturated rings. The van der Waals surface area contributed by atoms with Crippen molar-refractivity contribution in [3.05, 3.63) is 94.8 Å². The highest BCUT2D eigenvalue weighted by molar-refractivity contribution is 7.89. The first-order chi connectivity index (χ1) is 16.1. The van der Waals surface area contributed by atoms with Crippen molar-refractivity contribution in [1.82, 2.24) is 9.73 Å². The molecule has 3 aromatic carbocycles. The fraction of sp³-hybridized carbons (Fsp3) is 0.200. The van der Waals surface area contributed by atoms with Gasteiger partial charge in [-0.25, -0.2) is 18.2 Å². The molecule has 0 aliphatic carbocycles. The Bertz CT molecular complexity index is 1300. The number of aromatic hydroxyl groups is 1. The van der Waals surface area contributed by atoms with Crippen LogP contribution in [0.4, 0.5) is 4.39 Å². The maximum Gasteiger partial charge on any atom is 0.271 e. The summed E-state index contributed by atoms with van der Waals surface area (Å²) in [5.41, 5.74) is 4.94. The van der Waals surface area contributed by atoms with Crippen molar-refractivity contribution in [2.75, 3.05) is 7.05 Å². The molecule has 9 heteroatoms. The summed E-state index contributed by atoms with van der Waals surface area (Å²) in [6.07, 6.45) is 0.359. The van der Waals surface area contributed by atoms with Crippen molar-refractivity contribution in [3.8, 4) is 5.75 Å². The molecule has 0 heterocycles. The highest BCUT2D eigenvalue weighted by Crippen LogP contribution is 2.20. The van der Waals surface area contributed by atoms with Gasteiger partial charge in [-0.1, -0.05) is 36.8 Å². The number of sulfonamides is 1. The van der Waals surface area contributed by atoms with Crippen molar-refractivity contribution >= 4 is 21.6 Å². The Hall–Kier alpha value is -3.56. The SMILES string of the molecule is CCC(=NNC(=O)c1ccc(CN(C)S(=O)(=O)c2ccc(C)cc2)cc1)c1cc(F)ccc1O. The van der Waals surface area contributed by atoms with Gasteiger partial charge in [0.15, 0.2) is 0 Å². The highest BCUT2D eigenvalue weighted by atomic mass is 32.2. The number of hydrazone groups is 1. The first-order valence-corrected chi connectivity index (χ1v) is 12.0. The lowest BCUT2D eigenvalue weighted by Crippen LogP contribution is -2.26. The van der Waals surface area contributed by atoms with E-state index in [4.69, 9.17) is 0 Å². The van der Waals surface area contributed by atoms with Crippen LogP contribution < -0.4 is 5.43 Å². The maximum absolute atomic E-state index is 13.5. The van der Waals surface area contributed by atoms with E-state index in [2.05, 4.69) is 10.5 Å². The van der Waals surface area contributed by atoms with E-state index in [1.165, 1.54) is 17.4 Å². The zero-order chi connectivity index (χ0) is 24.9. The Morgan fingerprint density at radius 1 is 1.06 bits per heavy atom. The van der Waals surface area contributed by atoms with Crippen LogP contribution in [-0.4, -0.2) is 36.5 Å². The fourth-order valence-electron chi connectivity index (χ4n) is 3.25. The molecule has 2 N–H and O–H groups in total. The molecule has 3 aromatic rings. The number of carbonyl (C=O) groups is 1. The molecule has 178 valence electrons. The third-order valence-corrected chi connectivity index (χ3v) is 7.06. The van der Waals surface area contributed by atoms with Gasteiger partial charge < -0.3 is 5.11 Å². The summed E-state index contributed by atoms with van der Waals surface area (Å²) < 4.78 is 40.3. The van der Waals surface area contributed by atoms with Crippen LogP contribution in [0.25, 0.3) is 0 Å². The van der Waals surface area contributed by atoms with E-state index < -0.39 is 21.7 Å². The van der Waals surface area contributed by atoms with Crippen LogP contribution in [0.3, 0.4) is 0 Å². The third kappa shape index (κ3) is 5.86. The summed E-state index contributed by atoms with van der Waals surface area (Å²) in [6, 6.07) is 16.6. The largest absolute Gasteiger partial charge is 0.507 e. The van der Waals surface area contributed by atoms with Crippen LogP contribution in [0.15, 0.2) is 76.7 Å². The van der Waals surface area contributed by atoms with E-state index in [-0.39, 0.29) is 22.8 Å². The number of phenolic OH excluding ortho intramolecular Hbond substituents is 1. The number of amides is 1. The summed E-state index contributed by atoms with van der Waals surface area (Å²) in [5, 5.41) is 14.0. The molecular weight excluding hydrogens is 457 g/mol. The van der Waals surface area contributed by atoms with Crippen LogP contribution in [0, 0.1) is 12.7 Å². The maximum atomic E-state index is 13.5. The van der Waals surface area contributed by atoms with Crippen molar-refractivity contribution in [1.29, 1.82) is 0 Å². The van der Waals surface area contributed by atoms with Crippen molar-refractivity contribution in [2.24, 2.45) is 5.10 Å². The quantitative estimate of drug-likeness (QED) is 0.370. The van der Waals surface area contributed by atoms with Gasteiger partial charge in [-0.3, -0.25) is 4.79 Å². The summed E-state index contributed by atoms with van der Waals surface area (Å²) in [6.45, 7) is 3.79. The Labute approximate surface area is 198 Å². The van der Waals surface area contributed by atoms with Gasteiger partial charge in [-0.05, 0) is 61.4 Å². The van der Waals surface area contributed by atoms with Gasteiger partial charge in [-0.2, -0.15) is 9.41 Å². The molecule has 0 aromatic heterocycles. The first-order valence-electron chi connectivity index (χ1n) is 10.6. The van der Waals surface area contributed by atoms with Crippen LogP contribution >= 0.6 is 0 Å². The normalized spacial score (nSPS) is 12.1. The average Bonchev–Trinajstić information content (AvgIpc) is 2.82. The lowest BCUT2D eigenvalue weighted by atomic mass is 10.1. The van der Waals surface area contributed by atoms with E-state index in [0.29, 0.717) is 23.3 Å². The Balaban J connectivity index is 1.68. The predicted molar refractivity (Wildman–Crippen MR) is 129 cm³/mol. The molecule has 34 heavy (non-hydrogen) atoms. The minimum absolute atomic E-state index is 0.134. The van der Waals surface area contributed by atoms with Crippen LogP contribution in [0.5, 0.6) is 5.75 Å². The van der Waals surface area contributed by atoms with Gasteiger partial charge in [0, 0.05) is 24.7 Å². The van der Waals surface area contributed by atoms with Crippen LogP contribution in [0.2, 0.25) is 0 Å². The number of carbonyl (C=O) groups excluding carboxylic acids is 1. The monoisotopic (exact) mass is 483 g/mol. The minimum Gasteiger partial charge on any atom is -0.507 e. The fourth-order valence-corrected chi connectivity index (χ4v) is 4.40. The van der Waals surface area contributed by atoms with E-state index in [1.807, 2.05) is 6.92 Å². The molecular formula is C25H26FN3O4S. The summed E-state index contributed by atoms with van der Waals surface area (Å²) in [4.78, 5) is 12.7. The molecule has 0 spiro atoms. The zero-order valence-electron chi connectivity index (χ0n) is 19.1. The minimum atomic E-state index is -3.65. The second kappa shape index (κ2) is 10.6. The van der Waals surface area contributed by atoms with Gasteiger partial charge in [0.1, 0.15) is 11.6 Å². The lowest BCUT2D eigenvalue weighted by molar-refractivity contribution is 0.0954. The smallest absolute Gasteiger partial charge is 0.271 e. The predicted octanol–water partition coefficient (Wildman–Crippen LogP) is 4.20. The topological polar surface area (TPSA) is 99.1 Å². The molecule has 0 aliphatic rings. The molecule has 0 radical (unpaired) electrons. The Morgan fingerprint density at radius 2 is 1.71 bits per heavy atom.